The van der Waals surface area contributed by atoms with Gasteiger partial charge in [-0.2, -0.15) is 0 Å². The van der Waals surface area contributed by atoms with E-state index in [1.165, 1.54) is 6.33 Å². The normalized spacial score (nSPS) is 10.9. The summed E-state index contributed by atoms with van der Waals surface area (Å²) in [5.74, 6) is 0. The molecule has 0 aliphatic heterocycles. The Balaban J connectivity index is 2.61. The summed E-state index contributed by atoms with van der Waals surface area (Å²) in [4.78, 5) is 8.08. The van der Waals surface area contributed by atoms with Crippen molar-refractivity contribution in [1.29, 1.82) is 0 Å². The van der Waals surface area contributed by atoms with Crippen molar-refractivity contribution in [3.05, 3.63) is 23.7 Å². The molecule has 13 heavy (non-hydrogen) atoms. The summed E-state index contributed by atoms with van der Waals surface area (Å²) in [6, 6.07) is 1.93. The zero-order chi connectivity index (χ0) is 9.26. The zero-order valence-corrected chi connectivity index (χ0v) is 9.09. The molecular formula is C8H7BrClN3. The lowest BCUT2D eigenvalue weighted by Gasteiger charge is -2.00. The molecule has 0 spiro atoms. The summed E-state index contributed by atoms with van der Waals surface area (Å²) in [6.07, 6.45) is 3.45. The molecule has 0 N–H and O–H groups in total. The molecule has 0 bridgehead atoms. The lowest BCUT2D eigenvalue weighted by molar-refractivity contribution is 0.800. The Morgan fingerprint density at radius 1 is 1.46 bits per heavy atom. The largest absolute Gasteiger partial charge is 0.332 e. The first-order valence-electron chi connectivity index (χ1n) is 3.84. The summed E-state index contributed by atoms with van der Waals surface area (Å²) in [5.41, 5.74) is 0.888. The van der Waals surface area contributed by atoms with Crippen LogP contribution in [0.4, 0.5) is 0 Å². The maximum atomic E-state index is 5.89. The molecule has 5 heteroatoms. The van der Waals surface area contributed by atoms with Gasteiger partial charge in [-0.1, -0.05) is 27.5 Å². The molecular weight excluding hydrogens is 253 g/mol. The van der Waals surface area contributed by atoms with Crippen LogP contribution in [-0.4, -0.2) is 19.9 Å². The highest BCUT2D eigenvalue weighted by Crippen LogP contribution is 2.19. The van der Waals surface area contributed by atoms with Crippen molar-refractivity contribution in [3.8, 4) is 0 Å². The van der Waals surface area contributed by atoms with Gasteiger partial charge in [0.2, 0.25) is 0 Å². The molecule has 2 aromatic rings. The smallest absolute Gasteiger partial charge is 0.144 e. The second kappa shape index (κ2) is 3.64. The first-order valence-corrected chi connectivity index (χ1v) is 5.34. The van der Waals surface area contributed by atoms with Gasteiger partial charge in [0.1, 0.15) is 17.1 Å². The Bertz CT molecular complexity index is 426. The molecule has 0 saturated heterocycles. The molecule has 68 valence electrons. The van der Waals surface area contributed by atoms with Crippen molar-refractivity contribution in [2.75, 3.05) is 5.33 Å². The number of hydrogen-bond donors (Lipinski definition) is 0. The quantitative estimate of drug-likeness (QED) is 0.613. The molecule has 0 atom stereocenters. The van der Waals surface area contributed by atoms with Crippen molar-refractivity contribution in [1.82, 2.24) is 14.5 Å². The van der Waals surface area contributed by atoms with Gasteiger partial charge in [0.15, 0.2) is 0 Å². The summed E-state index contributed by atoms with van der Waals surface area (Å²) < 4.78 is 2.04. The molecule has 0 amide bonds. The molecule has 0 aliphatic rings. The van der Waals surface area contributed by atoms with Gasteiger partial charge in [-0.3, -0.25) is 0 Å². The molecule has 0 aromatic carbocycles. The minimum absolute atomic E-state index is 0.512. The van der Waals surface area contributed by atoms with Crippen molar-refractivity contribution in [2.24, 2.45) is 0 Å². The van der Waals surface area contributed by atoms with Crippen LogP contribution in [0.5, 0.6) is 0 Å². The molecule has 3 nitrogen and oxygen atoms in total. The van der Waals surface area contributed by atoms with E-state index in [0.717, 1.165) is 22.9 Å². The number of rotatable bonds is 2. The van der Waals surface area contributed by atoms with Crippen molar-refractivity contribution in [3.63, 3.8) is 0 Å². The van der Waals surface area contributed by atoms with Gasteiger partial charge in [0.25, 0.3) is 0 Å². The predicted octanol–water partition coefficient (Wildman–Crippen LogP) is 2.48. The number of aromatic nitrogens is 3. The summed E-state index contributed by atoms with van der Waals surface area (Å²) in [5, 5.41) is 2.32. The standard InChI is InChI=1S/C8H7BrClN3/c9-2-4-13-3-1-6-7(10)11-5-12-8(6)13/h1,3,5H,2,4H2. The Labute approximate surface area is 88.9 Å². The number of aryl methyl sites for hydroxylation is 1. The molecule has 2 heterocycles. The Morgan fingerprint density at radius 2 is 2.31 bits per heavy atom. The lowest BCUT2D eigenvalue weighted by Crippen LogP contribution is -1.98. The summed E-state index contributed by atoms with van der Waals surface area (Å²) >= 11 is 9.27. The minimum atomic E-state index is 0.512. The molecule has 0 saturated carbocycles. The topological polar surface area (TPSA) is 30.7 Å². The highest BCUT2D eigenvalue weighted by atomic mass is 79.9. The highest BCUT2D eigenvalue weighted by Gasteiger charge is 2.04. The molecule has 0 radical (unpaired) electrons. The van der Waals surface area contributed by atoms with Gasteiger partial charge in [-0.05, 0) is 6.07 Å². The van der Waals surface area contributed by atoms with Crippen LogP contribution >= 0.6 is 27.5 Å². The first kappa shape index (κ1) is 8.97. The Hall–Kier alpha value is -0.610. The van der Waals surface area contributed by atoms with Crippen LogP contribution in [0.3, 0.4) is 0 Å². The zero-order valence-electron chi connectivity index (χ0n) is 6.74. The third kappa shape index (κ3) is 1.56. The van der Waals surface area contributed by atoms with Crippen LogP contribution < -0.4 is 0 Å². The number of fused-ring (bicyclic) bond motifs is 1. The summed E-state index contributed by atoms with van der Waals surface area (Å²) in [7, 11) is 0. The lowest BCUT2D eigenvalue weighted by atomic mass is 10.4. The highest BCUT2D eigenvalue weighted by molar-refractivity contribution is 9.09. The average Bonchev–Trinajstić information content (AvgIpc) is 2.51. The number of alkyl halides is 1. The SMILES string of the molecule is Clc1ncnc2c1ccn2CCBr. The van der Waals surface area contributed by atoms with Crippen molar-refractivity contribution in [2.45, 2.75) is 6.54 Å². The molecule has 2 rings (SSSR count). The predicted molar refractivity (Wildman–Crippen MR) is 56.3 cm³/mol. The van der Waals surface area contributed by atoms with E-state index in [0.29, 0.717) is 5.15 Å². The minimum Gasteiger partial charge on any atom is -0.332 e. The fourth-order valence-corrected chi connectivity index (χ4v) is 1.82. The van der Waals surface area contributed by atoms with E-state index >= 15 is 0 Å². The maximum Gasteiger partial charge on any atom is 0.144 e. The Morgan fingerprint density at radius 3 is 3.08 bits per heavy atom. The van der Waals surface area contributed by atoms with Gasteiger partial charge >= 0.3 is 0 Å². The monoisotopic (exact) mass is 259 g/mol. The van der Waals surface area contributed by atoms with Gasteiger partial charge < -0.3 is 4.57 Å². The molecule has 0 aliphatic carbocycles. The van der Waals surface area contributed by atoms with E-state index in [4.69, 9.17) is 11.6 Å². The maximum absolute atomic E-state index is 5.89. The van der Waals surface area contributed by atoms with Crippen LogP contribution in [0.2, 0.25) is 5.15 Å². The molecule has 0 unspecified atom stereocenters. The third-order valence-corrected chi connectivity index (χ3v) is 2.49. The van der Waals surface area contributed by atoms with Crippen LogP contribution in [0.15, 0.2) is 18.6 Å². The average molecular weight is 261 g/mol. The van der Waals surface area contributed by atoms with Crippen LogP contribution in [0.1, 0.15) is 0 Å². The van der Waals surface area contributed by atoms with E-state index in [1.54, 1.807) is 0 Å². The van der Waals surface area contributed by atoms with Crippen molar-refractivity contribution >= 4 is 38.6 Å². The second-order valence-electron chi connectivity index (χ2n) is 2.60. The third-order valence-electron chi connectivity index (χ3n) is 1.83. The van der Waals surface area contributed by atoms with Gasteiger partial charge in [-0.25, -0.2) is 9.97 Å². The van der Waals surface area contributed by atoms with Gasteiger partial charge in [-0.15, -0.1) is 0 Å². The van der Waals surface area contributed by atoms with Crippen molar-refractivity contribution < 1.29 is 0 Å². The van der Waals surface area contributed by atoms with Crippen LogP contribution in [0.25, 0.3) is 11.0 Å². The summed E-state index contributed by atoms with van der Waals surface area (Å²) in [6.45, 7) is 0.886. The van der Waals surface area contributed by atoms with E-state index in [9.17, 15) is 0 Å². The number of hydrogen-bond acceptors (Lipinski definition) is 2. The van der Waals surface area contributed by atoms with E-state index < -0.39 is 0 Å². The Kier molecular flexibility index (Phi) is 2.51. The fourth-order valence-electron chi connectivity index (χ4n) is 1.24. The van der Waals surface area contributed by atoms with Gasteiger partial charge in [0.05, 0.1) is 5.39 Å². The van der Waals surface area contributed by atoms with E-state index in [-0.39, 0.29) is 0 Å². The number of halogens is 2. The van der Waals surface area contributed by atoms with Gasteiger partial charge in [0, 0.05) is 18.1 Å². The number of nitrogens with zero attached hydrogens (tertiary/aromatic N) is 3. The van der Waals surface area contributed by atoms with Crippen LogP contribution in [-0.2, 0) is 6.54 Å². The van der Waals surface area contributed by atoms with Crippen LogP contribution in [0, 0.1) is 0 Å². The van der Waals surface area contributed by atoms with E-state index in [2.05, 4.69) is 25.9 Å². The fraction of sp³-hybridized carbons (Fsp3) is 0.250. The van der Waals surface area contributed by atoms with E-state index in [1.807, 2.05) is 16.8 Å². The molecule has 0 fully saturated rings. The first-order chi connectivity index (χ1) is 6.33. The molecule has 2 aromatic heterocycles. The second-order valence-corrected chi connectivity index (χ2v) is 3.75.